The number of fused-ring (bicyclic) bond motifs is 1. The summed E-state index contributed by atoms with van der Waals surface area (Å²) >= 11 is 0. The summed E-state index contributed by atoms with van der Waals surface area (Å²) < 4.78 is 41.0. The van der Waals surface area contributed by atoms with Crippen molar-refractivity contribution in [1.82, 2.24) is 14.3 Å². The second-order valence-electron chi connectivity index (χ2n) is 7.15. The molecule has 1 saturated carbocycles. The Kier molecular flexibility index (Phi) is 4.83. The molecule has 0 spiro atoms. The van der Waals surface area contributed by atoms with Crippen molar-refractivity contribution in [3.8, 4) is 0 Å². The molecular weight excluding hydrogens is 371 g/mol. The van der Waals surface area contributed by atoms with Gasteiger partial charge in [-0.25, -0.2) is 17.8 Å². The average Bonchev–Trinajstić information content (AvgIpc) is 3.07. The number of sulfonamides is 1. The van der Waals surface area contributed by atoms with E-state index in [4.69, 9.17) is 0 Å². The standard InChI is InChI=1S/C18H21FN4O3S/c19-14-3-1-2-4-17(14)27(25,26)23-10-12-7-15(16(24)8-13(12)11-23)22-18-9-20-5-6-21-18/h1-6,9,12-13,15-16,24H,7-8,10-11H2,(H,21,22)/t12-,13+,15-,16-/m1/s1. The largest absolute Gasteiger partial charge is 0.391 e. The number of nitrogens with zero attached hydrogens (tertiary/aromatic N) is 3. The van der Waals surface area contributed by atoms with Crippen molar-refractivity contribution in [2.45, 2.75) is 29.9 Å². The van der Waals surface area contributed by atoms with Gasteiger partial charge in [0.25, 0.3) is 0 Å². The minimum absolute atomic E-state index is 0.0569. The number of benzene rings is 1. The van der Waals surface area contributed by atoms with Crippen LogP contribution in [0.4, 0.5) is 10.2 Å². The summed E-state index contributed by atoms with van der Waals surface area (Å²) in [7, 11) is -3.89. The molecule has 1 aromatic carbocycles. The fraction of sp³-hybridized carbons (Fsp3) is 0.444. The third-order valence-corrected chi connectivity index (χ3v) is 7.32. The van der Waals surface area contributed by atoms with E-state index in [2.05, 4.69) is 15.3 Å². The first-order chi connectivity index (χ1) is 12.9. The summed E-state index contributed by atoms with van der Waals surface area (Å²) in [5, 5.41) is 13.7. The Morgan fingerprint density at radius 3 is 2.59 bits per heavy atom. The number of halogens is 1. The summed E-state index contributed by atoms with van der Waals surface area (Å²) in [6.07, 6.45) is 5.23. The van der Waals surface area contributed by atoms with Gasteiger partial charge >= 0.3 is 0 Å². The van der Waals surface area contributed by atoms with Gasteiger partial charge in [0.05, 0.1) is 18.3 Å². The maximum Gasteiger partial charge on any atom is 0.246 e. The van der Waals surface area contributed by atoms with E-state index in [1.807, 2.05) is 0 Å². The van der Waals surface area contributed by atoms with Gasteiger partial charge in [0.2, 0.25) is 10.0 Å². The van der Waals surface area contributed by atoms with Crippen molar-refractivity contribution in [2.75, 3.05) is 18.4 Å². The first kappa shape index (κ1) is 18.3. The fourth-order valence-corrected chi connectivity index (χ4v) is 5.71. The SMILES string of the molecule is O=S(=O)(c1ccccc1F)N1C[C@H]2C[C@@H](Nc3cnccn3)[C@H](O)C[C@H]2C1. The Balaban J connectivity index is 1.49. The Morgan fingerprint density at radius 1 is 1.15 bits per heavy atom. The minimum Gasteiger partial charge on any atom is -0.391 e. The Labute approximate surface area is 157 Å². The van der Waals surface area contributed by atoms with Crippen molar-refractivity contribution in [3.63, 3.8) is 0 Å². The lowest BCUT2D eigenvalue weighted by atomic mass is 9.77. The van der Waals surface area contributed by atoms with Crippen molar-refractivity contribution in [1.29, 1.82) is 0 Å². The van der Waals surface area contributed by atoms with Crippen LogP contribution in [-0.2, 0) is 10.0 Å². The van der Waals surface area contributed by atoms with E-state index in [9.17, 15) is 17.9 Å². The number of nitrogens with one attached hydrogen (secondary N) is 1. The van der Waals surface area contributed by atoms with Crippen LogP contribution in [0.1, 0.15) is 12.8 Å². The van der Waals surface area contributed by atoms with E-state index >= 15 is 0 Å². The van der Waals surface area contributed by atoms with Crippen LogP contribution in [0.3, 0.4) is 0 Å². The van der Waals surface area contributed by atoms with Crippen molar-refractivity contribution in [3.05, 3.63) is 48.7 Å². The molecule has 0 amide bonds. The molecule has 1 aliphatic carbocycles. The van der Waals surface area contributed by atoms with Gasteiger partial charge in [0.1, 0.15) is 16.5 Å². The monoisotopic (exact) mass is 392 g/mol. The average molecular weight is 392 g/mol. The molecule has 0 bridgehead atoms. The molecule has 4 rings (SSSR count). The predicted molar refractivity (Wildman–Crippen MR) is 96.8 cm³/mol. The molecule has 0 radical (unpaired) electrons. The molecule has 144 valence electrons. The maximum absolute atomic E-state index is 14.0. The van der Waals surface area contributed by atoms with Crippen molar-refractivity contribution in [2.24, 2.45) is 11.8 Å². The zero-order chi connectivity index (χ0) is 19.0. The van der Waals surface area contributed by atoms with Crippen LogP contribution in [0.15, 0.2) is 47.8 Å². The Morgan fingerprint density at radius 2 is 1.89 bits per heavy atom. The number of aliphatic hydroxyl groups is 1. The number of aliphatic hydroxyl groups excluding tert-OH is 1. The van der Waals surface area contributed by atoms with E-state index in [0.717, 1.165) is 6.07 Å². The van der Waals surface area contributed by atoms with Gasteiger partial charge in [0, 0.05) is 25.5 Å². The third kappa shape index (κ3) is 3.54. The van der Waals surface area contributed by atoms with Crippen LogP contribution in [0.2, 0.25) is 0 Å². The maximum atomic E-state index is 14.0. The lowest BCUT2D eigenvalue weighted by Gasteiger charge is -2.35. The highest BCUT2D eigenvalue weighted by molar-refractivity contribution is 7.89. The van der Waals surface area contributed by atoms with Gasteiger partial charge in [-0.2, -0.15) is 4.31 Å². The summed E-state index contributed by atoms with van der Waals surface area (Å²) in [5.74, 6) is -0.00555. The van der Waals surface area contributed by atoms with Crippen LogP contribution in [-0.4, -0.2) is 53.0 Å². The molecular formula is C18H21FN4O3S. The fourth-order valence-electron chi connectivity index (χ4n) is 4.10. The number of aromatic nitrogens is 2. The molecule has 0 unspecified atom stereocenters. The minimum atomic E-state index is -3.89. The molecule has 2 heterocycles. The molecule has 2 aliphatic rings. The third-order valence-electron chi connectivity index (χ3n) is 5.46. The number of anilines is 1. The number of rotatable bonds is 4. The zero-order valence-electron chi connectivity index (χ0n) is 14.6. The van der Waals surface area contributed by atoms with Crippen LogP contribution >= 0.6 is 0 Å². The molecule has 9 heteroatoms. The highest BCUT2D eigenvalue weighted by atomic mass is 32.2. The molecule has 1 saturated heterocycles. The van der Waals surface area contributed by atoms with Crippen LogP contribution < -0.4 is 5.32 Å². The number of hydrogen-bond donors (Lipinski definition) is 2. The molecule has 7 nitrogen and oxygen atoms in total. The second-order valence-corrected chi connectivity index (χ2v) is 9.06. The van der Waals surface area contributed by atoms with Gasteiger partial charge in [0.15, 0.2) is 0 Å². The lowest BCUT2D eigenvalue weighted by Crippen LogP contribution is -2.43. The highest BCUT2D eigenvalue weighted by Crippen LogP contribution is 2.39. The summed E-state index contributed by atoms with van der Waals surface area (Å²) in [6, 6.07) is 5.21. The molecule has 2 N–H and O–H groups in total. The van der Waals surface area contributed by atoms with E-state index in [0.29, 0.717) is 31.7 Å². The first-order valence-electron chi connectivity index (χ1n) is 8.90. The smallest absolute Gasteiger partial charge is 0.246 e. The van der Waals surface area contributed by atoms with Crippen LogP contribution in [0, 0.1) is 17.7 Å². The van der Waals surface area contributed by atoms with Crippen LogP contribution in [0.5, 0.6) is 0 Å². The Bertz CT molecular complexity index is 912. The van der Waals surface area contributed by atoms with E-state index in [1.165, 1.54) is 22.5 Å². The van der Waals surface area contributed by atoms with Gasteiger partial charge in [-0.1, -0.05) is 12.1 Å². The number of hydrogen-bond acceptors (Lipinski definition) is 6. The molecule has 1 aromatic heterocycles. The van der Waals surface area contributed by atoms with Gasteiger partial charge in [-0.05, 0) is 36.8 Å². The molecule has 4 atom stereocenters. The van der Waals surface area contributed by atoms with E-state index < -0.39 is 21.9 Å². The van der Waals surface area contributed by atoms with E-state index in [-0.39, 0.29) is 22.8 Å². The molecule has 27 heavy (non-hydrogen) atoms. The van der Waals surface area contributed by atoms with Gasteiger partial charge < -0.3 is 10.4 Å². The van der Waals surface area contributed by atoms with E-state index in [1.54, 1.807) is 18.6 Å². The van der Waals surface area contributed by atoms with Gasteiger partial charge in [-0.3, -0.25) is 4.98 Å². The first-order valence-corrected chi connectivity index (χ1v) is 10.3. The zero-order valence-corrected chi connectivity index (χ0v) is 15.4. The van der Waals surface area contributed by atoms with Crippen LogP contribution in [0.25, 0.3) is 0 Å². The highest BCUT2D eigenvalue weighted by Gasteiger charge is 2.45. The van der Waals surface area contributed by atoms with Crippen molar-refractivity contribution >= 4 is 15.8 Å². The summed E-state index contributed by atoms with van der Waals surface area (Å²) in [4.78, 5) is 7.87. The second kappa shape index (κ2) is 7.14. The van der Waals surface area contributed by atoms with Gasteiger partial charge in [-0.15, -0.1) is 0 Å². The predicted octanol–water partition coefficient (Wildman–Crippen LogP) is 1.49. The summed E-state index contributed by atoms with van der Waals surface area (Å²) in [6.45, 7) is 0.628. The van der Waals surface area contributed by atoms with Crippen molar-refractivity contribution < 1.29 is 17.9 Å². The topological polar surface area (TPSA) is 95.4 Å². The normalized spacial score (nSPS) is 28.7. The molecule has 2 fully saturated rings. The Hall–Kier alpha value is -2.10. The lowest BCUT2D eigenvalue weighted by molar-refractivity contribution is 0.0736. The quantitative estimate of drug-likeness (QED) is 0.819. The molecule has 2 aromatic rings. The summed E-state index contributed by atoms with van der Waals surface area (Å²) in [5.41, 5.74) is 0. The molecule has 1 aliphatic heterocycles.